The molecule has 2 rings (SSSR count). The minimum Gasteiger partial charge on any atom is -0.493 e. The minimum absolute atomic E-state index is 0. The molecule has 0 fully saturated rings. The maximum absolute atomic E-state index is 5.90. The van der Waals surface area contributed by atoms with Crippen LogP contribution in [0.4, 0.5) is 0 Å². The van der Waals surface area contributed by atoms with Crippen molar-refractivity contribution in [3.8, 4) is 11.5 Å². The molecule has 0 unspecified atom stereocenters. The summed E-state index contributed by atoms with van der Waals surface area (Å²) in [7, 11) is 3.25. The van der Waals surface area contributed by atoms with E-state index in [1.807, 2.05) is 18.2 Å². The number of allylic oxidation sites excluding steroid dienone is 1. The lowest BCUT2D eigenvalue weighted by molar-refractivity contribution is 0.354. The zero-order chi connectivity index (χ0) is 15.8. The molecule has 5 nitrogen and oxygen atoms in total. The number of rotatable bonds is 7. The molecule has 0 spiro atoms. The highest BCUT2D eigenvalue weighted by atomic mass is 127. The van der Waals surface area contributed by atoms with Crippen molar-refractivity contribution in [2.45, 2.75) is 32.2 Å². The molecule has 0 aromatic heterocycles. The quantitative estimate of drug-likeness (QED) is 0.301. The van der Waals surface area contributed by atoms with Gasteiger partial charge in [-0.25, -0.2) is 4.99 Å². The van der Waals surface area contributed by atoms with Crippen LogP contribution in [0.2, 0.25) is 0 Å². The molecule has 1 aliphatic rings. The summed E-state index contributed by atoms with van der Waals surface area (Å²) < 4.78 is 10.5. The van der Waals surface area contributed by atoms with Gasteiger partial charge >= 0.3 is 0 Å². The van der Waals surface area contributed by atoms with Gasteiger partial charge in [0, 0.05) is 6.54 Å². The molecule has 0 saturated heterocycles. The summed E-state index contributed by atoms with van der Waals surface area (Å²) in [6.07, 6.45) is 7.12. The lowest BCUT2D eigenvalue weighted by Crippen LogP contribution is -2.32. The van der Waals surface area contributed by atoms with E-state index in [9.17, 15) is 0 Å². The maximum Gasteiger partial charge on any atom is 0.188 e. The van der Waals surface area contributed by atoms with Crippen LogP contribution in [-0.4, -0.2) is 26.7 Å². The smallest absolute Gasteiger partial charge is 0.188 e. The number of guanidine groups is 1. The SMILES string of the molecule is COc1ccc(CN=C(N)NCCC2=CCCC2)cc1OC.I. The van der Waals surface area contributed by atoms with Gasteiger partial charge < -0.3 is 20.5 Å². The first-order chi connectivity index (χ1) is 10.7. The van der Waals surface area contributed by atoms with Crippen LogP contribution in [0.5, 0.6) is 11.5 Å². The highest BCUT2D eigenvalue weighted by Gasteiger charge is 2.05. The van der Waals surface area contributed by atoms with Crippen LogP contribution in [0.3, 0.4) is 0 Å². The van der Waals surface area contributed by atoms with Gasteiger partial charge in [0.25, 0.3) is 0 Å². The first kappa shape index (κ1) is 19.6. The number of ether oxygens (including phenoxy) is 2. The minimum atomic E-state index is 0. The standard InChI is InChI=1S/C17H25N3O2.HI/c1-21-15-8-7-14(11-16(15)22-2)12-20-17(18)19-10-9-13-5-3-4-6-13;/h5,7-8,11H,3-4,6,9-10,12H2,1-2H3,(H3,18,19,20);1H. The van der Waals surface area contributed by atoms with Gasteiger partial charge in [0.05, 0.1) is 20.8 Å². The third-order valence-electron chi connectivity index (χ3n) is 3.77. The molecule has 128 valence electrons. The molecular weight excluding hydrogens is 405 g/mol. The van der Waals surface area contributed by atoms with Gasteiger partial charge in [-0.3, -0.25) is 0 Å². The summed E-state index contributed by atoms with van der Waals surface area (Å²) in [5, 5.41) is 3.16. The largest absolute Gasteiger partial charge is 0.493 e. The third kappa shape index (κ3) is 6.29. The van der Waals surface area contributed by atoms with Crippen LogP contribution in [0.15, 0.2) is 34.8 Å². The number of nitrogens with zero attached hydrogens (tertiary/aromatic N) is 1. The van der Waals surface area contributed by atoms with Crippen LogP contribution in [0, 0.1) is 0 Å². The van der Waals surface area contributed by atoms with E-state index in [2.05, 4.69) is 16.4 Å². The Kier molecular flexibility index (Phi) is 8.83. The maximum atomic E-state index is 5.90. The zero-order valence-electron chi connectivity index (χ0n) is 13.8. The Morgan fingerprint density at radius 2 is 2.04 bits per heavy atom. The Morgan fingerprint density at radius 1 is 1.26 bits per heavy atom. The van der Waals surface area contributed by atoms with Crippen molar-refractivity contribution >= 4 is 29.9 Å². The Labute approximate surface area is 155 Å². The van der Waals surface area contributed by atoms with E-state index in [-0.39, 0.29) is 24.0 Å². The van der Waals surface area contributed by atoms with Crippen molar-refractivity contribution < 1.29 is 9.47 Å². The van der Waals surface area contributed by atoms with Gasteiger partial charge in [-0.2, -0.15) is 0 Å². The molecule has 0 amide bonds. The summed E-state index contributed by atoms with van der Waals surface area (Å²) in [5.74, 6) is 1.90. The molecule has 1 aromatic carbocycles. The number of benzene rings is 1. The molecule has 0 heterocycles. The number of methoxy groups -OCH3 is 2. The van der Waals surface area contributed by atoms with E-state index in [1.54, 1.807) is 14.2 Å². The zero-order valence-corrected chi connectivity index (χ0v) is 16.1. The Balaban J connectivity index is 0.00000264. The monoisotopic (exact) mass is 431 g/mol. The van der Waals surface area contributed by atoms with Crippen LogP contribution in [0.1, 0.15) is 31.2 Å². The third-order valence-corrected chi connectivity index (χ3v) is 3.77. The second kappa shape index (κ2) is 10.4. The van der Waals surface area contributed by atoms with Crippen molar-refractivity contribution in [2.24, 2.45) is 10.7 Å². The molecule has 0 atom stereocenters. The molecule has 23 heavy (non-hydrogen) atoms. The Hall–Kier alpha value is -1.44. The second-order valence-electron chi connectivity index (χ2n) is 5.32. The molecule has 0 aliphatic heterocycles. The van der Waals surface area contributed by atoms with Crippen LogP contribution in [0.25, 0.3) is 0 Å². The van der Waals surface area contributed by atoms with Gasteiger partial charge in [0.1, 0.15) is 0 Å². The second-order valence-corrected chi connectivity index (χ2v) is 5.32. The van der Waals surface area contributed by atoms with Crippen LogP contribution >= 0.6 is 24.0 Å². The summed E-state index contributed by atoms with van der Waals surface area (Å²) in [4.78, 5) is 4.36. The number of nitrogens with one attached hydrogen (secondary N) is 1. The average Bonchev–Trinajstić information content (AvgIpc) is 3.06. The summed E-state index contributed by atoms with van der Waals surface area (Å²) in [6, 6.07) is 5.75. The van der Waals surface area contributed by atoms with E-state index in [0.29, 0.717) is 24.0 Å². The fourth-order valence-corrected chi connectivity index (χ4v) is 2.53. The first-order valence-corrected chi connectivity index (χ1v) is 7.65. The van der Waals surface area contributed by atoms with Crippen molar-refractivity contribution in [3.05, 3.63) is 35.4 Å². The van der Waals surface area contributed by atoms with E-state index < -0.39 is 0 Å². The topological polar surface area (TPSA) is 68.9 Å². The van der Waals surface area contributed by atoms with Crippen LogP contribution in [-0.2, 0) is 6.54 Å². The van der Waals surface area contributed by atoms with Gasteiger partial charge in [-0.1, -0.05) is 17.7 Å². The lowest BCUT2D eigenvalue weighted by atomic mass is 10.2. The fraction of sp³-hybridized carbons (Fsp3) is 0.471. The molecule has 0 bridgehead atoms. The lowest BCUT2D eigenvalue weighted by Gasteiger charge is -2.09. The highest BCUT2D eigenvalue weighted by molar-refractivity contribution is 14.0. The van der Waals surface area contributed by atoms with Crippen molar-refractivity contribution in [1.29, 1.82) is 0 Å². The summed E-state index contributed by atoms with van der Waals surface area (Å²) in [5.41, 5.74) is 8.45. The van der Waals surface area contributed by atoms with Gasteiger partial charge in [-0.05, 0) is 43.4 Å². The molecular formula is C17H26IN3O2. The number of hydrogen-bond donors (Lipinski definition) is 2. The molecule has 6 heteroatoms. The van der Waals surface area contributed by atoms with Crippen molar-refractivity contribution in [3.63, 3.8) is 0 Å². The average molecular weight is 431 g/mol. The Morgan fingerprint density at radius 3 is 2.70 bits per heavy atom. The normalized spacial score (nSPS) is 14.0. The Bertz CT molecular complexity index is 559. The number of halogens is 1. The van der Waals surface area contributed by atoms with E-state index in [0.717, 1.165) is 18.5 Å². The number of hydrogen-bond acceptors (Lipinski definition) is 3. The highest BCUT2D eigenvalue weighted by Crippen LogP contribution is 2.27. The predicted molar refractivity (Wildman–Crippen MR) is 105 cm³/mol. The van der Waals surface area contributed by atoms with Gasteiger partial charge in [0.15, 0.2) is 17.5 Å². The van der Waals surface area contributed by atoms with Crippen molar-refractivity contribution in [2.75, 3.05) is 20.8 Å². The van der Waals surface area contributed by atoms with E-state index in [1.165, 1.54) is 24.8 Å². The number of nitrogens with two attached hydrogens (primary N) is 1. The summed E-state index contributed by atoms with van der Waals surface area (Å²) >= 11 is 0. The molecule has 3 N–H and O–H groups in total. The van der Waals surface area contributed by atoms with Gasteiger partial charge in [-0.15, -0.1) is 24.0 Å². The van der Waals surface area contributed by atoms with Gasteiger partial charge in [0.2, 0.25) is 0 Å². The first-order valence-electron chi connectivity index (χ1n) is 7.65. The van der Waals surface area contributed by atoms with E-state index in [4.69, 9.17) is 15.2 Å². The predicted octanol–water partition coefficient (Wildman–Crippen LogP) is 3.23. The fourth-order valence-electron chi connectivity index (χ4n) is 2.53. The van der Waals surface area contributed by atoms with Crippen molar-refractivity contribution in [1.82, 2.24) is 5.32 Å². The summed E-state index contributed by atoms with van der Waals surface area (Å²) in [6.45, 7) is 1.36. The molecule has 0 radical (unpaired) electrons. The molecule has 1 aromatic rings. The number of aliphatic imine (C=N–C) groups is 1. The molecule has 1 aliphatic carbocycles. The molecule has 0 saturated carbocycles. The van der Waals surface area contributed by atoms with Crippen LogP contribution < -0.4 is 20.5 Å². The van der Waals surface area contributed by atoms with E-state index >= 15 is 0 Å².